The molecule has 0 aliphatic carbocycles. The molecule has 3 heterocycles. The Bertz CT molecular complexity index is 1190. The predicted molar refractivity (Wildman–Crippen MR) is 110 cm³/mol. The molecule has 1 saturated heterocycles. The minimum absolute atomic E-state index is 0.198. The van der Waals surface area contributed by atoms with Crippen LogP contribution in [0.5, 0.6) is 0 Å². The molecule has 29 heavy (non-hydrogen) atoms. The van der Waals surface area contributed by atoms with E-state index in [1.165, 1.54) is 27.8 Å². The van der Waals surface area contributed by atoms with Crippen molar-refractivity contribution in [1.82, 2.24) is 14.2 Å². The summed E-state index contributed by atoms with van der Waals surface area (Å²) in [6.45, 7) is 4.70. The highest BCUT2D eigenvalue weighted by atomic mass is 32.2. The van der Waals surface area contributed by atoms with Crippen LogP contribution < -0.4 is 0 Å². The standard InChI is InChI=1S/C20H20FN3O3S2/c1-13-11-17(16-5-4-15(21)12-18(16)22-13)20(25)23-7-9-24(10-8-23)29(26,27)19-6-3-14(2)28-19/h3-6,11-12H,7-10H2,1-2H3. The number of hydrogen-bond acceptors (Lipinski definition) is 5. The first kappa shape index (κ1) is 19.9. The maximum atomic E-state index is 13.6. The third kappa shape index (κ3) is 3.77. The predicted octanol–water partition coefficient (Wildman–Crippen LogP) is 3.20. The van der Waals surface area contributed by atoms with Gasteiger partial charge in [0.05, 0.1) is 11.1 Å². The minimum Gasteiger partial charge on any atom is -0.336 e. The fraction of sp³-hybridized carbons (Fsp3) is 0.300. The van der Waals surface area contributed by atoms with Gasteiger partial charge in [0.1, 0.15) is 10.0 Å². The van der Waals surface area contributed by atoms with Crippen LogP contribution in [0.1, 0.15) is 20.9 Å². The van der Waals surface area contributed by atoms with Crippen molar-refractivity contribution in [3.63, 3.8) is 0 Å². The number of nitrogens with zero attached hydrogens (tertiary/aromatic N) is 3. The number of aryl methyl sites for hydroxylation is 2. The SMILES string of the molecule is Cc1cc(C(=O)N2CCN(S(=O)(=O)c3ccc(C)s3)CC2)c2ccc(F)cc2n1. The Hall–Kier alpha value is -2.36. The van der Waals surface area contributed by atoms with Crippen molar-refractivity contribution in [2.24, 2.45) is 0 Å². The summed E-state index contributed by atoms with van der Waals surface area (Å²) in [5.74, 6) is -0.604. The molecule has 0 bridgehead atoms. The number of piperazine rings is 1. The summed E-state index contributed by atoms with van der Waals surface area (Å²) in [5, 5.41) is 0.589. The number of fused-ring (bicyclic) bond motifs is 1. The number of amides is 1. The molecule has 1 amide bonds. The average Bonchev–Trinajstić information content (AvgIpc) is 3.14. The highest BCUT2D eigenvalue weighted by molar-refractivity contribution is 7.91. The van der Waals surface area contributed by atoms with Crippen molar-refractivity contribution in [2.45, 2.75) is 18.1 Å². The van der Waals surface area contributed by atoms with Gasteiger partial charge < -0.3 is 4.90 Å². The van der Waals surface area contributed by atoms with Crippen LogP contribution in [0.2, 0.25) is 0 Å². The van der Waals surface area contributed by atoms with E-state index in [1.54, 1.807) is 36.1 Å². The molecule has 9 heteroatoms. The molecule has 0 atom stereocenters. The Balaban J connectivity index is 1.55. The first-order valence-corrected chi connectivity index (χ1v) is 11.4. The lowest BCUT2D eigenvalue weighted by Gasteiger charge is -2.34. The largest absolute Gasteiger partial charge is 0.336 e. The summed E-state index contributed by atoms with van der Waals surface area (Å²) in [6, 6.07) is 9.29. The van der Waals surface area contributed by atoms with Crippen molar-refractivity contribution < 1.29 is 17.6 Å². The molecule has 1 aliphatic heterocycles. The maximum absolute atomic E-state index is 13.6. The zero-order valence-electron chi connectivity index (χ0n) is 16.1. The van der Waals surface area contributed by atoms with E-state index in [2.05, 4.69) is 4.98 Å². The van der Waals surface area contributed by atoms with Crippen molar-refractivity contribution in [1.29, 1.82) is 0 Å². The Labute approximate surface area is 172 Å². The molecule has 0 spiro atoms. The van der Waals surface area contributed by atoms with Gasteiger partial charge in [0.2, 0.25) is 0 Å². The van der Waals surface area contributed by atoms with Gasteiger partial charge >= 0.3 is 0 Å². The van der Waals surface area contributed by atoms with Crippen molar-refractivity contribution in [3.05, 3.63) is 58.3 Å². The lowest BCUT2D eigenvalue weighted by atomic mass is 10.1. The average molecular weight is 434 g/mol. The summed E-state index contributed by atoms with van der Waals surface area (Å²) in [5.41, 5.74) is 1.51. The zero-order valence-corrected chi connectivity index (χ0v) is 17.7. The second-order valence-electron chi connectivity index (χ2n) is 7.03. The summed E-state index contributed by atoms with van der Waals surface area (Å²) >= 11 is 1.25. The highest BCUT2D eigenvalue weighted by Gasteiger charge is 2.31. The van der Waals surface area contributed by atoms with Crippen molar-refractivity contribution in [3.8, 4) is 0 Å². The molecule has 3 aromatic rings. The lowest BCUT2D eigenvalue weighted by Crippen LogP contribution is -2.50. The summed E-state index contributed by atoms with van der Waals surface area (Å²) in [7, 11) is -3.54. The van der Waals surface area contributed by atoms with E-state index >= 15 is 0 Å². The normalized spacial score (nSPS) is 15.8. The minimum atomic E-state index is -3.54. The van der Waals surface area contributed by atoms with Crippen LogP contribution in [0.3, 0.4) is 0 Å². The molecule has 2 aromatic heterocycles. The first-order valence-electron chi connectivity index (χ1n) is 9.18. The number of sulfonamides is 1. The van der Waals surface area contributed by atoms with Crippen LogP contribution in [0, 0.1) is 19.7 Å². The van der Waals surface area contributed by atoms with Gasteiger partial charge in [-0.2, -0.15) is 4.31 Å². The number of hydrogen-bond donors (Lipinski definition) is 0. The summed E-state index contributed by atoms with van der Waals surface area (Å²) < 4.78 is 40.9. The van der Waals surface area contributed by atoms with Crippen LogP contribution in [-0.4, -0.2) is 54.7 Å². The van der Waals surface area contributed by atoms with Gasteiger partial charge in [0, 0.05) is 48.2 Å². The van der Waals surface area contributed by atoms with Gasteiger partial charge in [0.15, 0.2) is 0 Å². The third-order valence-corrected chi connectivity index (χ3v) is 8.33. The summed E-state index contributed by atoms with van der Waals surface area (Å²) in [4.78, 5) is 20.0. The Morgan fingerprint density at radius 1 is 1.07 bits per heavy atom. The molecular formula is C20H20FN3O3S2. The van der Waals surface area contributed by atoms with Crippen LogP contribution in [-0.2, 0) is 10.0 Å². The molecule has 1 fully saturated rings. The number of pyridine rings is 1. The van der Waals surface area contributed by atoms with Crippen molar-refractivity contribution >= 4 is 38.2 Å². The third-order valence-electron chi connectivity index (χ3n) is 4.97. The Morgan fingerprint density at radius 2 is 1.79 bits per heavy atom. The number of carbonyl (C=O) groups excluding carboxylic acids is 1. The molecule has 4 rings (SSSR count). The molecule has 6 nitrogen and oxygen atoms in total. The topological polar surface area (TPSA) is 70.6 Å². The fourth-order valence-corrected chi connectivity index (χ4v) is 6.35. The van der Waals surface area contributed by atoms with E-state index < -0.39 is 15.8 Å². The first-order chi connectivity index (χ1) is 13.8. The van der Waals surface area contributed by atoms with Gasteiger partial charge in [-0.15, -0.1) is 11.3 Å². The highest BCUT2D eigenvalue weighted by Crippen LogP contribution is 2.26. The van der Waals surface area contributed by atoms with E-state index in [0.717, 1.165) is 4.88 Å². The Morgan fingerprint density at radius 3 is 2.45 bits per heavy atom. The van der Waals surface area contributed by atoms with Crippen LogP contribution in [0.15, 0.2) is 40.6 Å². The number of rotatable bonds is 3. The molecule has 0 radical (unpaired) electrons. The van der Waals surface area contributed by atoms with E-state index in [4.69, 9.17) is 0 Å². The van der Waals surface area contributed by atoms with Gasteiger partial charge in [-0.05, 0) is 44.2 Å². The lowest BCUT2D eigenvalue weighted by molar-refractivity contribution is 0.0700. The monoisotopic (exact) mass is 433 g/mol. The number of benzene rings is 1. The maximum Gasteiger partial charge on any atom is 0.254 e. The second-order valence-corrected chi connectivity index (χ2v) is 10.5. The number of thiophene rings is 1. The van der Waals surface area contributed by atoms with E-state index in [1.807, 2.05) is 6.92 Å². The molecule has 1 aliphatic rings. The molecule has 0 unspecified atom stereocenters. The van der Waals surface area contributed by atoms with Gasteiger partial charge in [-0.25, -0.2) is 12.8 Å². The number of aromatic nitrogens is 1. The quantitative estimate of drug-likeness (QED) is 0.636. The Kier molecular flexibility index (Phi) is 5.14. The molecule has 0 N–H and O–H groups in total. The fourth-order valence-electron chi connectivity index (χ4n) is 3.49. The van der Waals surface area contributed by atoms with Gasteiger partial charge in [-0.3, -0.25) is 9.78 Å². The number of halogens is 1. The van der Waals surface area contributed by atoms with E-state index in [9.17, 15) is 17.6 Å². The van der Waals surface area contributed by atoms with Gasteiger partial charge in [0.25, 0.3) is 15.9 Å². The zero-order chi connectivity index (χ0) is 20.8. The molecule has 152 valence electrons. The number of carbonyl (C=O) groups is 1. The smallest absolute Gasteiger partial charge is 0.254 e. The molecule has 1 aromatic carbocycles. The van der Waals surface area contributed by atoms with Crippen LogP contribution in [0.25, 0.3) is 10.9 Å². The molecule has 0 saturated carbocycles. The van der Waals surface area contributed by atoms with E-state index in [0.29, 0.717) is 39.5 Å². The molecular weight excluding hydrogens is 413 g/mol. The second kappa shape index (κ2) is 7.47. The van der Waals surface area contributed by atoms with Gasteiger partial charge in [-0.1, -0.05) is 0 Å². The van der Waals surface area contributed by atoms with Crippen LogP contribution in [0.4, 0.5) is 4.39 Å². The van der Waals surface area contributed by atoms with Crippen LogP contribution >= 0.6 is 11.3 Å². The van der Waals surface area contributed by atoms with Crippen molar-refractivity contribution in [2.75, 3.05) is 26.2 Å². The summed E-state index contributed by atoms with van der Waals surface area (Å²) in [6.07, 6.45) is 0. The van der Waals surface area contributed by atoms with E-state index in [-0.39, 0.29) is 19.0 Å².